The van der Waals surface area contributed by atoms with Gasteiger partial charge in [0, 0.05) is 36.0 Å². The molecule has 3 nitrogen and oxygen atoms in total. The van der Waals surface area contributed by atoms with Crippen molar-refractivity contribution in [2.24, 2.45) is 0 Å². The maximum Gasteiger partial charge on any atom is 0.213 e. The van der Waals surface area contributed by atoms with E-state index in [1.165, 1.54) is 34.1 Å². The summed E-state index contributed by atoms with van der Waals surface area (Å²) in [6.07, 6.45) is 3.48. The molecule has 1 fully saturated rings. The van der Waals surface area contributed by atoms with Crippen molar-refractivity contribution in [3.63, 3.8) is 0 Å². The van der Waals surface area contributed by atoms with Gasteiger partial charge in [-0.1, -0.05) is 56.3 Å². The second-order valence-corrected chi connectivity index (χ2v) is 10.7. The fourth-order valence-corrected chi connectivity index (χ4v) is 7.52. The Balaban J connectivity index is 1.41. The average Bonchev–Trinajstić information content (AvgIpc) is 3.66. The van der Waals surface area contributed by atoms with Crippen molar-refractivity contribution >= 4 is 28.0 Å². The number of hydrogen-bond donors (Lipinski definition) is 0. The van der Waals surface area contributed by atoms with Crippen LogP contribution in [0, 0.1) is 0 Å². The van der Waals surface area contributed by atoms with Gasteiger partial charge < -0.3 is 9.64 Å². The average molecular weight is 482 g/mol. The summed E-state index contributed by atoms with van der Waals surface area (Å²) in [6, 6.07) is 37.4. The Morgan fingerprint density at radius 1 is 0.757 bits per heavy atom. The summed E-state index contributed by atoms with van der Waals surface area (Å²) in [5.41, 5.74) is 9.16. The SMILES string of the molecule is CCC12CC1(CC)[n+]1c(ccc3ccccc31)-c1cc(N3c4ccccc4Oc4ccccc43)ccc12. The first kappa shape index (κ1) is 21.0. The number of benzene rings is 4. The third-order valence-electron chi connectivity index (χ3n) is 9.30. The number of nitrogens with zero attached hydrogens (tertiary/aromatic N) is 2. The van der Waals surface area contributed by atoms with Crippen LogP contribution < -0.4 is 14.2 Å². The van der Waals surface area contributed by atoms with E-state index in [0.29, 0.717) is 0 Å². The molecule has 2 unspecified atom stereocenters. The minimum atomic E-state index is 0.143. The summed E-state index contributed by atoms with van der Waals surface area (Å²) in [5, 5.41) is 1.31. The first-order valence-corrected chi connectivity index (χ1v) is 13.5. The second kappa shape index (κ2) is 7.23. The topological polar surface area (TPSA) is 16.4 Å². The van der Waals surface area contributed by atoms with Gasteiger partial charge in [0.05, 0.1) is 22.4 Å². The highest BCUT2D eigenvalue weighted by atomic mass is 16.5. The Morgan fingerprint density at radius 3 is 2.19 bits per heavy atom. The Hall–Kier alpha value is -4.11. The molecule has 0 radical (unpaired) electrons. The lowest BCUT2D eigenvalue weighted by Gasteiger charge is -2.34. The molecule has 0 saturated heterocycles. The minimum absolute atomic E-state index is 0.143. The highest BCUT2D eigenvalue weighted by Gasteiger charge is 2.77. The zero-order valence-corrected chi connectivity index (χ0v) is 21.2. The van der Waals surface area contributed by atoms with Crippen LogP contribution in [0.2, 0.25) is 0 Å². The van der Waals surface area contributed by atoms with Crippen LogP contribution in [0.15, 0.2) is 103 Å². The summed E-state index contributed by atoms with van der Waals surface area (Å²) in [4.78, 5) is 2.35. The van der Waals surface area contributed by atoms with Crippen molar-refractivity contribution in [2.75, 3.05) is 4.90 Å². The van der Waals surface area contributed by atoms with Crippen LogP contribution in [0.1, 0.15) is 38.7 Å². The van der Waals surface area contributed by atoms with Crippen LogP contribution in [0.4, 0.5) is 17.1 Å². The van der Waals surface area contributed by atoms with Gasteiger partial charge in [0.25, 0.3) is 0 Å². The van der Waals surface area contributed by atoms with Crippen molar-refractivity contribution in [3.8, 4) is 22.8 Å². The van der Waals surface area contributed by atoms with E-state index in [0.717, 1.165) is 41.4 Å². The number of rotatable bonds is 3. The van der Waals surface area contributed by atoms with Crippen molar-refractivity contribution in [1.29, 1.82) is 0 Å². The molecule has 37 heavy (non-hydrogen) atoms. The van der Waals surface area contributed by atoms with Crippen LogP contribution in [-0.2, 0) is 11.0 Å². The summed E-state index contributed by atoms with van der Waals surface area (Å²) in [5.74, 6) is 1.77. The summed E-state index contributed by atoms with van der Waals surface area (Å²) >= 11 is 0. The van der Waals surface area contributed by atoms with Gasteiger partial charge in [-0.2, -0.15) is 4.57 Å². The maximum absolute atomic E-state index is 6.29. The minimum Gasteiger partial charge on any atom is -0.453 e. The summed E-state index contributed by atoms with van der Waals surface area (Å²) in [7, 11) is 0. The molecular formula is C34H29N2O+. The Labute approximate surface area is 217 Å². The fourth-order valence-electron chi connectivity index (χ4n) is 7.52. The van der Waals surface area contributed by atoms with Crippen LogP contribution >= 0.6 is 0 Å². The molecule has 2 aliphatic heterocycles. The molecule has 4 aromatic carbocycles. The van der Waals surface area contributed by atoms with Gasteiger partial charge in [-0.3, -0.25) is 0 Å². The molecule has 1 aliphatic carbocycles. The molecule has 0 N–H and O–H groups in total. The molecule has 8 rings (SSSR count). The second-order valence-electron chi connectivity index (χ2n) is 10.7. The lowest BCUT2D eigenvalue weighted by Crippen LogP contribution is -2.55. The van der Waals surface area contributed by atoms with Crippen molar-refractivity contribution < 1.29 is 9.30 Å². The van der Waals surface area contributed by atoms with E-state index in [1.807, 2.05) is 12.1 Å². The number of anilines is 3. The number of hydrogen-bond acceptors (Lipinski definition) is 2. The quantitative estimate of drug-likeness (QED) is 0.236. The smallest absolute Gasteiger partial charge is 0.213 e. The van der Waals surface area contributed by atoms with Crippen LogP contribution in [0.5, 0.6) is 11.5 Å². The molecule has 3 aliphatic rings. The van der Waals surface area contributed by atoms with Gasteiger partial charge in [0.2, 0.25) is 11.2 Å². The molecule has 3 heteroatoms. The molecule has 3 heterocycles. The predicted molar refractivity (Wildman–Crippen MR) is 149 cm³/mol. The van der Waals surface area contributed by atoms with E-state index in [-0.39, 0.29) is 11.0 Å². The number of aromatic nitrogens is 1. The van der Waals surface area contributed by atoms with Crippen molar-refractivity contribution in [2.45, 2.75) is 44.1 Å². The zero-order valence-electron chi connectivity index (χ0n) is 21.2. The van der Waals surface area contributed by atoms with E-state index in [2.05, 4.69) is 114 Å². The van der Waals surface area contributed by atoms with E-state index in [4.69, 9.17) is 4.74 Å². The highest BCUT2D eigenvalue weighted by molar-refractivity contribution is 5.88. The number of ether oxygens (including phenoxy) is 1. The van der Waals surface area contributed by atoms with Gasteiger partial charge in [-0.25, -0.2) is 0 Å². The Kier molecular flexibility index (Phi) is 4.11. The molecule has 0 amide bonds. The maximum atomic E-state index is 6.29. The van der Waals surface area contributed by atoms with Gasteiger partial charge in [-0.15, -0.1) is 0 Å². The number of pyridine rings is 1. The standard InChI is InChI=1S/C34H29N2O/c1-3-33-22-34(33,4-2)36-27-12-6-5-11-23(27)17-20-28(36)25-21-24(18-19-26(25)33)35-29-13-7-9-15-31(29)37-32-16-10-8-14-30(32)35/h5-21H,3-4,22H2,1-2H3/q+1. The normalized spacial score (nSPS) is 22.3. The highest BCUT2D eigenvalue weighted by Crippen LogP contribution is 2.68. The largest absolute Gasteiger partial charge is 0.453 e. The summed E-state index contributed by atoms with van der Waals surface area (Å²) < 4.78 is 8.98. The van der Waals surface area contributed by atoms with Crippen LogP contribution in [-0.4, -0.2) is 0 Å². The molecule has 1 saturated carbocycles. The van der Waals surface area contributed by atoms with Crippen LogP contribution in [0.25, 0.3) is 22.2 Å². The van der Waals surface area contributed by atoms with E-state index < -0.39 is 0 Å². The predicted octanol–water partition coefficient (Wildman–Crippen LogP) is 8.54. The lowest BCUT2D eigenvalue weighted by atomic mass is 9.79. The molecule has 0 bridgehead atoms. The Morgan fingerprint density at radius 2 is 1.46 bits per heavy atom. The fraction of sp³-hybridized carbons (Fsp3) is 0.206. The zero-order chi connectivity index (χ0) is 24.8. The van der Waals surface area contributed by atoms with Gasteiger partial charge in [0.15, 0.2) is 17.0 Å². The monoisotopic (exact) mass is 481 g/mol. The van der Waals surface area contributed by atoms with E-state index in [1.54, 1.807) is 0 Å². The van der Waals surface area contributed by atoms with Gasteiger partial charge in [0.1, 0.15) is 0 Å². The van der Waals surface area contributed by atoms with Crippen molar-refractivity contribution in [1.82, 2.24) is 0 Å². The number of fused-ring (bicyclic) bond motifs is 10. The molecule has 180 valence electrons. The molecule has 2 atom stereocenters. The van der Waals surface area contributed by atoms with E-state index in [9.17, 15) is 0 Å². The van der Waals surface area contributed by atoms with Crippen LogP contribution in [0.3, 0.4) is 0 Å². The molecule has 5 aromatic rings. The molecular weight excluding hydrogens is 452 g/mol. The lowest BCUT2D eigenvalue weighted by molar-refractivity contribution is -0.712. The third-order valence-corrected chi connectivity index (χ3v) is 9.30. The molecule has 1 aromatic heterocycles. The first-order chi connectivity index (χ1) is 18.2. The number of para-hydroxylation sites is 5. The van der Waals surface area contributed by atoms with Crippen molar-refractivity contribution in [3.05, 3.63) is 109 Å². The van der Waals surface area contributed by atoms with Gasteiger partial charge >= 0.3 is 0 Å². The third kappa shape index (κ3) is 2.54. The van der Waals surface area contributed by atoms with Gasteiger partial charge in [-0.05, 0) is 60.5 Å². The first-order valence-electron chi connectivity index (χ1n) is 13.5. The molecule has 0 spiro atoms. The summed E-state index contributed by atoms with van der Waals surface area (Å²) in [6.45, 7) is 4.75. The van der Waals surface area contributed by atoms with E-state index >= 15 is 0 Å². The Bertz CT molecular complexity index is 1690.